The molecule has 0 unspecified atom stereocenters. The van der Waals surface area contributed by atoms with Crippen LogP contribution in [0.2, 0.25) is 0 Å². The maximum Gasteiger partial charge on any atom is 0.341 e. The molecular weight excluding hydrogens is 375 g/mol. The number of rotatable bonds is 4. The second-order valence-corrected chi connectivity index (χ2v) is 6.62. The molecule has 8 heteroatoms. The van der Waals surface area contributed by atoms with Gasteiger partial charge in [0.1, 0.15) is 5.82 Å². The summed E-state index contributed by atoms with van der Waals surface area (Å²) in [6.07, 6.45) is 0. The number of esters is 1. The second kappa shape index (κ2) is 6.37. The smallest absolute Gasteiger partial charge is 0.341 e. The molecule has 0 saturated heterocycles. The van der Waals surface area contributed by atoms with Crippen molar-refractivity contribution in [3.63, 3.8) is 0 Å². The van der Waals surface area contributed by atoms with Crippen LogP contribution >= 0.6 is 27.3 Å². The van der Waals surface area contributed by atoms with E-state index in [2.05, 4.69) is 26.1 Å². The highest BCUT2D eigenvalue weighted by Crippen LogP contribution is 2.30. The van der Waals surface area contributed by atoms with Crippen LogP contribution in [-0.4, -0.2) is 16.2 Å². The Labute approximate surface area is 136 Å². The third-order valence-electron chi connectivity index (χ3n) is 2.67. The SMILES string of the molecule is O=C(OCc1nnc(-c2ccc(Br)s2)o1)c1ccccc1F. The monoisotopic (exact) mass is 382 g/mol. The molecule has 0 N–H and O–H groups in total. The molecule has 0 aliphatic rings. The first kappa shape index (κ1) is 14.9. The maximum atomic E-state index is 13.4. The lowest BCUT2D eigenvalue weighted by atomic mass is 10.2. The number of carbonyl (C=O) groups is 1. The van der Waals surface area contributed by atoms with Crippen molar-refractivity contribution in [3.05, 3.63) is 57.5 Å². The van der Waals surface area contributed by atoms with Gasteiger partial charge in [-0.1, -0.05) is 12.1 Å². The largest absolute Gasteiger partial charge is 0.452 e. The van der Waals surface area contributed by atoms with E-state index in [0.29, 0.717) is 5.89 Å². The van der Waals surface area contributed by atoms with Crippen LogP contribution in [-0.2, 0) is 11.3 Å². The number of aromatic nitrogens is 2. The summed E-state index contributed by atoms with van der Waals surface area (Å²) in [6.45, 7) is -0.216. The molecule has 0 atom stereocenters. The van der Waals surface area contributed by atoms with E-state index in [4.69, 9.17) is 9.15 Å². The number of benzene rings is 1. The van der Waals surface area contributed by atoms with E-state index in [1.54, 1.807) is 6.07 Å². The minimum atomic E-state index is -0.781. The first-order valence-corrected chi connectivity index (χ1v) is 7.74. The van der Waals surface area contributed by atoms with Gasteiger partial charge in [-0.2, -0.15) is 0 Å². The van der Waals surface area contributed by atoms with Crippen LogP contribution in [0, 0.1) is 5.82 Å². The fourth-order valence-corrected chi connectivity index (χ4v) is 2.98. The predicted molar refractivity (Wildman–Crippen MR) is 80.8 cm³/mol. The minimum Gasteiger partial charge on any atom is -0.452 e. The summed E-state index contributed by atoms with van der Waals surface area (Å²) in [5.74, 6) is -0.935. The molecule has 0 aliphatic carbocycles. The topological polar surface area (TPSA) is 65.2 Å². The Hall–Kier alpha value is -2.06. The standard InChI is InChI=1S/C14H8BrFN2O3S/c15-11-6-5-10(22-11)13-18-17-12(21-13)7-20-14(19)8-3-1-2-4-9(8)16/h1-6H,7H2. The molecule has 0 amide bonds. The Bertz CT molecular complexity index is 818. The molecule has 3 aromatic rings. The number of halogens is 2. The first-order valence-electron chi connectivity index (χ1n) is 6.13. The van der Waals surface area contributed by atoms with Gasteiger partial charge in [0.05, 0.1) is 14.2 Å². The molecule has 0 saturated carbocycles. The number of thiophene rings is 1. The van der Waals surface area contributed by atoms with Crippen molar-refractivity contribution in [1.82, 2.24) is 10.2 Å². The Kier molecular flexibility index (Phi) is 4.30. The van der Waals surface area contributed by atoms with Crippen LogP contribution in [0.4, 0.5) is 4.39 Å². The van der Waals surface area contributed by atoms with Gasteiger partial charge in [0.2, 0.25) is 0 Å². The van der Waals surface area contributed by atoms with Crippen LogP contribution in [0.15, 0.2) is 44.6 Å². The number of nitrogens with zero attached hydrogens (tertiary/aromatic N) is 2. The molecule has 5 nitrogen and oxygen atoms in total. The summed E-state index contributed by atoms with van der Waals surface area (Å²) < 4.78 is 24.7. The first-order chi connectivity index (χ1) is 10.6. The molecule has 0 aliphatic heterocycles. The summed E-state index contributed by atoms with van der Waals surface area (Å²) >= 11 is 4.78. The van der Waals surface area contributed by atoms with Gasteiger partial charge in [-0.3, -0.25) is 0 Å². The van der Waals surface area contributed by atoms with Gasteiger partial charge in [-0.25, -0.2) is 9.18 Å². The Balaban J connectivity index is 1.66. The third kappa shape index (κ3) is 3.23. The van der Waals surface area contributed by atoms with Crippen LogP contribution < -0.4 is 0 Å². The highest BCUT2D eigenvalue weighted by atomic mass is 79.9. The number of ether oxygens (including phenoxy) is 1. The van der Waals surface area contributed by atoms with E-state index in [0.717, 1.165) is 8.66 Å². The zero-order valence-electron chi connectivity index (χ0n) is 11.0. The lowest BCUT2D eigenvalue weighted by molar-refractivity contribution is 0.0433. The summed E-state index contributed by atoms with van der Waals surface area (Å²) in [6, 6.07) is 9.28. The van der Waals surface area contributed by atoms with Crippen molar-refractivity contribution < 1.29 is 18.3 Å². The number of carbonyl (C=O) groups excluding carboxylic acids is 1. The predicted octanol–water partition coefficient (Wildman–Crippen LogP) is 4.06. The molecule has 2 aromatic heterocycles. The molecule has 3 rings (SSSR count). The van der Waals surface area contributed by atoms with Gasteiger partial charge in [-0.05, 0) is 40.2 Å². The van der Waals surface area contributed by atoms with E-state index in [1.807, 2.05) is 12.1 Å². The van der Waals surface area contributed by atoms with Crippen molar-refractivity contribution in [2.45, 2.75) is 6.61 Å². The fourth-order valence-electron chi connectivity index (χ4n) is 1.67. The van der Waals surface area contributed by atoms with Gasteiger partial charge in [0, 0.05) is 0 Å². The molecule has 1 aromatic carbocycles. The van der Waals surface area contributed by atoms with Crippen molar-refractivity contribution in [1.29, 1.82) is 0 Å². The fraction of sp³-hybridized carbons (Fsp3) is 0.0714. The van der Waals surface area contributed by atoms with Gasteiger partial charge in [0.15, 0.2) is 6.61 Å². The quantitative estimate of drug-likeness (QED) is 0.636. The second-order valence-electron chi connectivity index (χ2n) is 4.16. The zero-order valence-corrected chi connectivity index (χ0v) is 13.4. The molecular formula is C14H8BrFN2O3S. The van der Waals surface area contributed by atoms with Crippen molar-refractivity contribution >= 4 is 33.2 Å². The Morgan fingerprint density at radius 3 is 2.82 bits per heavy atom. The highest BCUT2D eigenvalue weighted by molar-refractivity contribution is 9.11. The molecule has 0 radical (unpaired) electrons. The lowest BCUT2D eigenvalue weighted by Crippen LogP contribution is -2.07. The van der Waals surface area contributed by atoms with E-state index in [1.165, 1.54) is 29.5 Å². The van der Waals surface area contributed by atoms with Crippen molar-refractivity contribution in [3.8, 4) is 10.8 Å². The van der Waals surface area contributed by atoms with Crippen molar-refractivity contribution in [2.24, 2.45) is 0 Å². The Morgan fingerprint density at radius 2 is 2.09 bits per heavy atom. The van der Waals surface area contributed by atoms with E-state index in [9.17, 15) is 9.18 Å². The van der Waals surface area contributed by atoms with Gasteiger partial charge in [0.25, 0.3) is 11.8 Å². The summed E-state index contributed by atoms with van der Waals surface area (Å²) in [4.78, 5) is 12.6. The summed E-state index contributed by atoms with van der Waals surface area (Å²) in [5, 5.41) is 7.67. The number of hydrogen-bond donors (Lipinski definition) is 0. The van der Waals surface area contributed by atoms with Gasteiger partial charge >= 0.3 is 5.97 Å². The van der Waals surface area contributed by atoms with E-state index >= 15 is 0 Å². The van der Waals surface area contributed by atoms with Crippen LogP contribution in [0.1, 0.15) is 16.2 Å². The molecule has 0 spiro atoms. The third-order valence-corrected chi connectivity index (χ3v) is 4.28. The molecule has 112 valence electrons. The van der Waals surface area contributed by atoms with Crippen molar-refractivity contribution in [2.75, 3.05) is 0 Å². The van der Waals surface area contributed by atoms with E-state index in [-0.39, 0.29) is 18.1 Å². The van der Waals surface area contributed by atoms with Crippen LogP contribution in [0.25, 0.3) is 10.8 Å². The van der Waals surface area contributed by atoms with Gasteiger partial charge < -0.3 is 9.15 Å². The normalized spacial score (nSPS) is 10.6. The summed E-state index contributed by atoms with van der Waals surface area (Å²) in [5.41, 5.74) is -0.135. The highest BCUT2D eigenvalue weighted by Gasteiger charge is 2.15. The average Bonchev–Trinajstić information content (AvgIpc) is 3.14. The van der Waals surface area contributed by atoms with Crippen LogP contribution in [0.3, 0.4) is 0 Å². The summed E-state index contributed by atoms with van der Waals surface area (Å²) in [7, 11) is 0. The average molecular weight is 383 g/mol. The molecule has 22 heavy (non-hydrogen) atoms. The lowest BCUT2D eigenvalue weighted by Gasteiger charge is -2.02. The molecule has 0 fully saturated rings. The zero-order chi connectivity index (χ0) is 15.5. The number of hydrogen-bond acceptors (Lipinski definition) is 6. The van der Waals surface area contributed by atoms with Crippen LogP contribution in [0.5, 0.6) is 0 Å². The molecule has 0 bridgehead atoms. The van der Waals surface area contributed by atoms with E-state index < -0.39 is 11.8 Å². The minimum absolute atomic E-state index is 0.135. The van der Waals surface area contributed by atoms with Gasteiger partial charge in [-0.15, -0.1) is 21.5 Å². The Morgan fingerprint density at radius 1 is 1.27 bits per heavy atom. The molecule has 2 heterocycles. The maximum absolute atomic E-state index is 13.4.